The van der Waals surface area contributed by atoms with Gasteiger partial charge in [-0.2, -0.15) is 13.2 Å². The first-order chi connectivity index (χ1) is 9.75. The van der Waals surface area contributed by atoms with Crippen LogP contribution in [-0.2, 0) is 14.3 Å². The number of amides is 1. The van der Waals surface area contributed by atoms with Crippen LogP contribution in [0.3, 0.4) is 0 Å². The maximum absolute atomic E-state index is 12.7. The number of carbonyl (C=O) groups excluding carboxylic acids is 1. The predicted molar refractivity (Wildman–Crippen MR) is 67.6 cm³/mol. The van der Waals surface area contributed by atoms with Gasteiger partial charge in [-0.05, 0) is 19.3 Å². The molecule has 2 N–H and O–H groups in total. The summed E-state index contributed by atoms with van der Waals surface area (Å²) in [6, 6.07) is -1.14. The summed E-state index contributed by atoms with van der Waals surface area (Å²) in [5, 5.41) is 11.3. The molecular formula is C13H20F3NO4. The monoisotopic (exact) mass is 311 g/mol. The Balaban J connectivity index is 2.59. The molecule has 21 heavy (non-hydrogen) atoms. The van der Waals surface area contributed by atoms with Gasteiger partial charge in [0, 0.05) is 26.1 Å². The van der Waals surface area contributed by atoms with Crippen molar-refractivity contribution in [1.82, 2.24) is 5.32 Å². The molecule has 3 unspecified atom stereocenters. The molecule has 0 aromatic rings. The maximum atomic E-state index is 12.7. The minimum Gasteiger partial charge on any atom is -0.480 e. The van der Waals surface area contributed by atoms with Crippen molar-refractivity contribution in [2.75, 3.05) is 13.7 Å². The number of alkyl halides is 3. The van der Waals surface area contributed by atoms with Crippen LogP contribution in [0.1, 0.15) is 32.1 Å². The van der Waals surface area contributed by atoms with E-state index >= 15 is 0 Å². The Morgan fingerprint density at radius 1 is 1.38 bits per heavy atom. The van der Waals surface area contributed by atoms with Gasteiger partial charge in [0.2, 0.25) is 5.91 Å². The van der Waals surface area contributed by atoms with Crippen LogP contribution in [0.15, 0.2) is 0 Å². The molecule has 1 aliphatic carbocycles. The summed E-state index contributed by atoms with van der Waals surface area (Å²) in [6.45, 7) is 0.146. The highest BCUT2D eigenvalue weighted by Crippen LogP contribution is 2.39. The Bertz CT molecular complexity index is 373. The topological polar surface area (TPSA) is 75.6 Å². The SMILES string of the molecule is COCCC(NC(=O)C1CCCC(C(F)(F)F)C1)C(=O)O. The third kappa shape index (κ3) is 5.53. The number of halogens is 3. The minimum atomic E-state index is -4.30. The normalized spacial score (nSPS) is 24.4. The van der Waals surface area contributed by atoms with Crippen molar-refractivity contribution in [3.63, 3.8) is 0 Å². The Labute approximate surface area is 120 Å². The zero-order valence-corrected chi connectivity index (χ0v) is 11.8. The van der Waals surface area contributed by atoms with Gasteiger partial charge in [0.15, 0.2) is 0 Å². The number of carboxylic acids is 1. The molecule has 8 heteroatoms. The predicted octanol–water partition coefficient (Wildman–Crippen LogP) is 1.96. The molecule has 0 aromatic heterocycles. The van der Waals surface area contributed by atoms with Gasteiger partial charge >= 0.3 is 12.1 Å². The number of carbonyl (C=O) groups is 2. The first-order valence-electron chi connectivity index (χ1n) is 6.84. The van der Waals surface area contributed by atoms with E-state index in [1.807, 2.05) is 0 Å². The summed E-state index contributed by atoms with van der Waals surface area (Å²) in [7, 11) is 1.40. The Kier molecular flexibility index (Phi) is 6.44. The number of nitrogens with one attached hydrogen (secondary N) is 1. The first kappa shape index (κ1) is 17.7. The lowest BCUT2D eigenvalue weighted by atomic mass is 9.80. The molecule has 1 fully saturated rings. The fourth-order valence-electron chi connectivity index (χ4n) is 2.51. The average Bonchev–Trinajstić information content (AvgIpc) is 2.42. The number of ether oxygens (including phenoxy) is 1. The molecule has 0 bridgehead atoms. The van der Waals surface area contributed by atoms with Crippen LogP contribution in [0.4, 0.5) is 13.2 Å². The van der Waals surface area contributed by atoms with Crippen molar-refractivity contribution in [2.24, 2.45) is 11.8 Å². The van der Waals surface area contributed by atoms with E-state index in [-0.39, 0.29) is 25.9 Å². The first-order valence-corrected chi connectivity index (χ1v) is 6.84. The van der Waals surface area contributed by atoms with Gasteiger partial charge in [0.1, 0.15) is 6.04 Å². The second-order valence-corrected chi connectivity index (χ2v) is 5.28. The van der Waals surface area contributed by atoms with E-state index in [1.165, 1.54) is 7.11 Å². The maximum Gasteiger partial charge on any atom is 0.391 e. The molecule has 0 heterocycles. The van der Waals surface area contributed by atoms with Gasteiger partial charge < -0.3 is 15.2 Å². The second kappa shape index (κ2) is 7.63. The Morgan fingerprint density at radius 2 is 2.05 bits per heavy atom. The molecule has 122 valence electrons. The summed E-state index contributed by atoms with van der Waals surface area (Å²) in [5.41, 5.74) is 0. The fraction of sp³-hybridized carbons (Fsp3) is 0.846. The lowest BCUT2D eigenvalue weighted by Gasteiger charge is -2.30. The van der Waals surface area contributed by atoms with Crippen molar-refractivity contribution in [1.29, 1.82) is 0 Å². The van der Waals surface area contributed by atoms with Gasteiger partial charge in [-0.25, -0.2) is 4.79 Å². The van der Waals surface area contributed by atoms with Crippen LogP contribution in [0.5, 0.6) is 0 Å². The van der Waals surface area contributed by atoms with E-state index in [1.54, 1.807) is 0 Å². The highest BCUT2D eigenvalue weighted by Gasteiger charge is 2.43. The minimum absolute atomic E-state index is 0.0271. The molecular weight excluding hydrogens is 291 g/mol. The zero-order valence-electron chi connectivity index (χ0n) is 11.8. The lowest BCUT2D eigenvalue weighted by molar-refractivity contribution is -0.186. The van der Waals surface area contributed by atoms with E-state index in [4.69, 9.17) is 9.84 Å². The summed E-state index contributed by atoms with van der Waals surface area (Å²) in [5.74, 6) is -4.10. The lowest BCUT2D eigenvalue weighted by Crippen LogP contribution is -2.45. The molecule has 1 saturated carbocycles. The van der Waals surface area contributed by atoms with Gasteiger partial charge in [-0.15, -0.1) is 0 Å². The molecule has 1 rings (SSSR count). The van der Waals surface area contributed by atoms with E-state index in [0.29, 0.717) is 12.8 Å². The van der Waals surface area contributed by atoms with Gasteiger partial charge in [0.25, 0.3) is 0 Å². The van der Waals surface area contributed by atoms with Gasteiger partial charge in [-0.3, -0.25) is 4.79 Å². The van der Waals surface area contributed by atoms with Crippen molar-refractivity contribution in [3.8, 4) is 0 Å². The molecule has 1 amide bonds. The van der Waals surface area contributed by atoms with Crippen molar-refractivity contribution in [3.05, 3.63) is 0 Å². The smallest absolute Gasteiger partial charge is 0.391 e. The number of carboxylic acid groups (broad SMARTS) is 1. The summed E-state index contributed by atoms with van der Waals surface area (Å²) in [4.78, 5) is 23.0. The molecule has 0 aromatic carbocycles. The van der Waals surface area contributed by atoms with Crippen LogP contribution in [0.2, 0.25) is 0 Å². The molecule has 1 aliphatic rings. The van der Waals surface area contributed by atoms with Crippen LogP contribution in [-0.4, -0.2) is 42.9 Å². The average molecular weight is 311 g/mol. The van der Waals surface area contributed by atoms with E-state index in [0.717, 1.165) is 0 Å². The van der Waals surface area contributed by atoms with Gasteiger partial charge in [-0.1, -0.05) is 6.42 Å². The number of rotatable bonds is 6. The van der Waals surface area contributed by atoms with Crippen molar-refractivity contribution < 1.29 is 32.6 Å². The number of aliphatic carboxylic acids is 1. The highest BCUT2D eigenvalue weighted by molar-refractivity contribution is 5.85. The van der Waals surface area contributed by atoms with Crippen LogP contribution in [0.25, 0.3) is 0 Å². The molecule has 0 aliphatic heterocycles. The quantitative estimate of drug-likeness (QED) is 0.786. The Hall–Kier alpha value is -1.31. The summed E-state index contributed by atoms with van der Waals surface area (Å²) < 4.78 is 42.8. The van der Waals surface area contributed by atoms with Crippen LogP contribution in [0, 0.1) is 11.8 Å². The van der Waals surface area contributed by atoms with Gasteiger partial charge in [0.05, 0.1) is 5.92 Å². The Morgan fingerprint density at radius 3 is 2.57 bits per heavy atom. The number of methoxy groups -OCH3 is 1. The summed E-state index contributed by atoms with van der Waals surface area (Å²) in [6.07, 6.45) is -3.80. The summed E-state index contributed by atoms with van der Waals surface area (Å²) >= 11 is 0. The van der Waals surface area contributed by atoms with E-state index in [9.17, 15) is 22.8 Å². The number of hydrogen-bond donors (Lipinski definition) is 2. The molecule has 5 nitrogen and oxygen atoms in total. The van der Waals surface area contributed by atoms with Crippen molar-refractivity contribution in [2.45, 2.75) is 44.3 Å². The number of hydrogen-bond acceptors (Lipinski definition) is 3. The second-order valence-electron chi connectivity index (χ2n) is 5.28. The van der Waals surface area contributed by atoms with Crippen molar-refractivity contribution >= 4 is 11.9 Å². The standard InChI is InChI=1S/C13H20F3NO4/c1-21-6-5-10(12(19)20)17-11(18)8-3-2-4-9(7-8)13(14,15)16/h8-10H,2-7H2,1H3,(H,17,18)(H,19,20). The molecule has 0 spiro atoms. The van der Waals surface area contributed by atoms with E-state index < -0.39 is 35.9 Å². The van der Waals surface area contributed by atoms with E-state index in [2.05, 4.69) is 5.32 Å². The van der Waals surface area contributed by atoms with Crippen LogP contribution < -0.4 is 5.32 Å². The highest BCUT2D eigenvalue weighted by atomic mass is 19.4. The zero-order chi connectivity index (χ0) is 16.0. The molecule has 0 saturated heterocycles. The largest absolute Gasteiger partial charge is 0.480 e. The van der Waals surface area contributed by atoms with Crippen LogP contribution >= 0.6 is 0 Å². The third-order valence-corrected chi connectivity index (χ3v) is 3.73. The third-order valence-electron chi connectivity index (χ3n) is 3.73. The molecule has 3 atom stereocenters. The molecule has 0 radical (unpaired) electrons. The fourth-order valence-corrected chi connectivity index (χ4v) is 2.51.